The molecule has 2 N–H and O–H groups in total. The summed E-state index contributed by atoms with van der Waals surface area (Å²) < 4.78 is 5.24. The molecule has 0 aliphatic carbocycles. The SMILES string of the molecule is O=C(O)Cc1c(C2CCOCC2)nc[nH]c1=O. The van der Waals surface area contributed by atoms with E-state index in [1.54, 1.807) is 0 Å². The number of carbonyl (C=O) groups is 1. The van der Waals surface area contributed by atoms with Crippen LogP contribution in [0.2, 0.25) is 0 Å². The van der Waals surface area contributed by atoms with Gasteiger partial charge in [-0.1, -0.05) is 0 Å². The molecule has 0 atom stereocenters. The molecule has 6 nitrogen and oxygen atoms in total. The van der Waals surface area contributed by atoms with Crippen LogP contribution in [-0.4, -0.2) is 34.3 Å². The number of nitrogens with zero attached hydrogens (tertiary/aromatic N) is 1. The van der Waals surface area contributed by atoms with Gasteiger partial charge in [0.05, 0.1) is 24.0 Å². The van der Waals surface area contributed by atoms with Crippen LogP contribution in [0, 0.1) is 0 Å². The molecule has 2 heterocycles. The third-order valence-electron chi connectivity index (χ3n) is 2.92. The maximum Gasteiger partial charge on any atom is 0.308 e. The second-order valence-electron chi connectivity index (χ2n) is 4.05. The van der Waals surface area contributed by atoms with Crippen molar-refractivity contribution in [3.63, 3.8) is 0 Å². The number of H-pyrrole nitrogens is 1. The van der Waals surface area contributed by atoms with Gasteiger partial charge in [-0.2, -0.15) is 0 Å². The van der Waals surface area contributed by atoms with Gasteiger partial charge in [0.2, 0.25) is 0 Å². The molecule has 0 amide bonds. The zero-order valence-corrected chi connectivity index (χ0v) is 9.31. The lowest BCUT2D eigenvalue weighted by molar-refractivity contribution is -0.136. The van der Waals surface area contributed by atoms with Crippen molar-refractivity contribution in [3.8, 4) is 0 Å². The Hall–Kier alpha value is -1.69. The highest BCUT2D eigenvalue weighted by molar-refractivity contribution is 5.70. The summed E-state index contributed by atoms with van der Waals surface area (Å²) in [6.07, 6.45) is 2.61. The van der Waals surface area contributed by atoms with E-state index in [1.807, 2.05) is 0 Å². The standard InChI is InChI=1S/C11H14N2O4/c14-9(15)5-8-10(12-6-13-11(8)16)7-1-3-17-4-2-7/h6-7H,1-5H2,(H,14,15)(H,12,13,16). The second-order valence-corrected chi connectivity index (χ2v) is 4.05. The second kappa shape index (κ2) is 5.09. The summed E-state index contributed by atoms with van der Waals surface area (Å²) >= 11 is 0. The summed E-state index contributed by atoms with van der Waals surface area (Å²) in [5.74, 6) is -0.891. The topological polar surface area (TPSA) is 92.3 Å². The predicted molar refractivity (Wildman–Crippen MR) is 59.0 cm³/mol. The molecule has 1 aromatic heterocycles. The lowest BCUT2D eigenvalue weighted by atomic mass is 9.92. The van der Waals surface area contributed by atoms with Gasteiger partial charge in [0.1, 0.15) is 0 Å². The number of aliphatic carboxylic acids is 1. The van der Waals surface area contributed by atoms with Crippen LogP contribution in [0.1, 0.15) is 30.0 Å². The summed E-state index contributed by atoms with van der Waals surface area (Å²) in [4.78, 5) is 28.9. The van der Waals surface area contributed by atoms with Gasteiger partial charge in [-0.05, 0) is 12.8 Å². The van der Waals surface area contributed by atoms with E-state index in [0.29, 0.717) is 18.9 Å². The zero-order chi connectivity index (χ0) is 12.3. The van der Waals surface area contributed by atoms with Gasteiger partial charge < -0.3 is 14.8 Å². The van der Waals surface area contributed by atoms with E-state index in [9.17, 15) is 9.59 Å². The van der Waals surface area contributed by atoms with Crippen LogP contribution in [0.5, 0.6) is 0 Å². The molecule has 0 bridgehead atoms. The monoisotopic (exact) mass is 238 g/mol. The van der Waals surface area contributed by atoms with E-state index in [0.717, 1.165) is 12.8 Å². The average molecular weight is 238 g/mol. The Bertz CT molecular complexity index is 463. The highest BCUT2D eigenvalue weighted by atomic mass is 16.5. The molecular formula is C11H14N2O4. The fraction of sp³-hybridized carbons (Fsp3) is 0.545. The molecule has 0 radical (unpaired) electrons. The third kappa shape index (κ3) is 2.71. The van der Waals surface area contributed by atoms with E-state index in [2.05, 4.69) is 9.97 Å². The highest BCUT2D eigenvalue weighted by Gasteiger charge is 2.22. The van der Waals surface area contributed by atoms with Gasteiger partial charge >= 0.3 is 5.97 Å². The van der Waals surface area contributed by atoms with Crippen molar-refractivity contribution < 1.29 is 14.6 Å². The first-order chi connectivity index (χ1) is 8.18. The van der Waals surface area contributed by atoms with Crippen molar-refractivity contribution in [3.05, 3.63) is 27.9 Å². The largest absolute Gasteiger partial charge is 0.481 e. The maximum atomic E-state index is 11.6. The Labute approximate surface area is 97.7 Å². The summed E-state index contributed by atoms with van der Waals surface area (Å²) in [5, 5.41) is 8.81. The quantitative estimate of drug-likeness (QED) is 0.789. The first-order valence-corrected chi connectivity index (χ1v) is 5.54. The molecule has 1 aliphatic rings. The summed E-state index contributed by atoms with van der Waals surface area (Å²) in [5.41, 5.74) is 0.523. The molecule has 0 aromatic carbocycles. The molecule has 1 aromatic rings. The molecule has 1 aliphatic heterocycles. The van der Waals surface area contributed by atoms with E-state index >= 15 is 0 Å². The Morgan fingerprint density at radius 3 is 2.88 bits per heavy atom. The molecule has 92 valence electrons. The van der Waals surface area contributed by atoms with Gasteiger partial charge in [0, 0.05) is 19.1 Å². The minimum Gasteiger partial charge on any atom is -0.481 e. The van der Waals surface area contributed by atoms with Gasteiger partial charge in [-0.3, -0.25) is 9.59 Å². The maximum absolute atomic E-state index is 11.6. The number of nitrogens with one attached hydrogen (secondary N) is 1. The van der Waals surface area contributed by atoms with Gasteiger partial charge in [0.15, 0.2) is 0 Å². The fourth-order valence-electron chi connectivity index (χ4n) is 2.09. The van der Waals surface area contributed by atoms with Crippen molar-refractivity contribution in [2.45, 2.75) is 25.2 Å². The number of hydrogen-bond donors (Lipinski definition) is 2. The molecule has 2 rings (SSSR count). The summed E-state index contributed by atoms with van der Waals surface area (Å²) in [7, 11) is 0. The van der Waals surface area contributed by atoms with Crippen molar-refractivity contribution in [1.29, 1.82) is 0 Å². The van der Waals surface area contributed by atoms with Crippen molar-refractivity contribution in [1.82, 2.24) is 9.97 Å². The van der Waals surface area contributed by atoms with Crippen LogP contribution in [0.4, 0.5) is 0 Å². The fourth-order valence-corrected chi connectivity index (χ4v) is 2.09. The number of carboxylic acid groups (broad SMARTS) is 1. The lowest BCUT2D eigenvalue weighted by Crippen LogP contribution is -2.24. The number of rotatable bonds is 3. The van der Waals surface area contributed by atoms with Crippen LogP contribution in [0.3, 0.4) is 0 Å². The van der Waals surface area contributed by atoms with E-state index in [1.165, 1.54) is 6.33 Å². The average Bonchev–Trinajstić information content (AvgIpc) is 2.32. The molecule has 0 spiro atoms. The third-order valence-corrected chi connectivity index (χ3v) is 2.92. The molecule has 17 heavy (non-hydrogen) atoms. The predicted octanol–water partition coefficient (Wildman–Crippen LogP) is 0.291. The van der Waals surface area contributed by atoms with Crippen molar-refractivity contribution in [2.75, 3.05) is 13.2 Å². The normalized spacial score (nSPS) is 16.9. The zero-order valence-electron chi connectivity index (χ0n) is 9.31. The van der Waals surface area contributed by atoms with Crippen LogP contribution < -0.4 is 5.56 Å². The van der Waals surface area contributed by atoms with E-state index < -0.39 is 5.97 Å². The van der Waals surface area contributed by atoms with Crippen LogP contribution in [-0.2, 0) is 16.0 Å². The number of ether oxygens (including phenoxy) is 1. The van der Waals surface area contributed by atoms with Crippen molar-refractivity contribution >= 4 is 5.97 Å². The molecule has 0 unspecified atom stereocenters. The molecule has 1 fully saturated rings. The first-order valence-electron chi connectivity index (χ1n) is 5.54. The number of hydrogen-bond acceptors (Lipinski definition) is 4. The van der Waals surface area contributed by atoms with Gasteiger partial charge in [0.25, 0.3) is 5.56 Å². The number of aromatic amines is 1. The van der Waals surface area contributed by atoms with Crippen LogP contribution in [0.15, 0.2) is 11.1 Å². The molecular weight excluding hydrogens is 224 g/mol. The Morgan fingerprint density at radius 2 is 2.24 bits per heavy atom. The number of aromatic nitrogens is 2. The van der Waals surface area contributed by atoms with Gasteiger partial charge in [-0.15, -0.1) is 0 Å². The van der Waals surface area contributed by atoms with Crippen LogP contribution in [0.25, 0.3) is 0 Å². The smallest absolute Gasteiger partial charge is 0.308 e. The van der Waals surface area contributed by atoms with Crippen LogP contribution >= 0.6 is 0 Å². The molecule has 1 saturated heterocycles. The summed E-state index contributed by atoms with van der Waals surface area (Å²) in [6, 6.07) is 0. The minimum absolute atomic E-state index is 0.125. The number of carboxylic acids is 1. The molecule has 6 heteroatoms. The Morgan fingerprint density at radius 1 is 1.53 bits per heavy atom. The van der Waals surface area contributed by atoms with Gasteiger partial charge in [-0.25, -0.2) is 4.98 Å². The molecule has 0 saturated carbocycles. The minimum atomic E-state index is -1.02. The lowest BCUT2D eigenvalue weighted by Gasteiger charge is -2.22. The van der Waals surface area contributed by atoms with E-state index in [4.69, 9.17) is 9.84 Å². The van der Waals surface area contributed by atoms with Crippen molar-refractivity contribution in [2.24, 2.45) is 0 Å². The van der Waals surface area contributed by atoms with E-state index in [-0.39, 0.29) is 23.5 Å². The highest BCUT2D eigenvalue weighted by Crippen LogP contribution is 2.26. The Balaban J connectivity index is 2.34. The Kier molecular flexibility index (Phi) is 3.53. The first kappa shape index (κ1) is 11.8. The summed E-state index contributed by atoms with van der Waals surface area (Å²) in [6.45, 7) is 1.26.